The minimum Gasteiger partial charge on any atom is -0.383 e. The lowest BCUT2D eigenvalue weighted by molar-refractivity contribution is -0.134. The van der Waals surface area contributed by atoms with Gasteiger partial charge in [-0.1, -0.05) is 0 Å². The first-order valence-corrected chi connectivity index (χ1v) is 5.49. The minimum absolute atomic E-state index is 0.00885. The lowest BCUT2D eigenvalue weighted by atomic mass is 10.0. The molecule has 0 aromatic carbocycles. The van der Waals surface area contributed by atoms with Crippen LogP contribution in [0.15, 0.2) is 18.3 Å². The van der Waals surface area contributed by atoms with Crippen LogP contribution in [0.3, 0.4) is 0 Å². The zero-order valence-electron chi connectivity index (χ0n) is 9.19. The summed E-state index contributed by atoms with van der Waals surface area (Å²) in [6.45, 7) is 0. The van der Waals surface area contributed by atoms with Crippen molar-refractivity contribution in [2.45, 2.75) is 31.4 Å². The number of hydrazine groups is 1. The smallest absolute Gasteiger partial charge is 0.262 e. The number of nitrogens with one attached hydrogen (secondary N) is 2. The summed E-state index contributed by atoms with van der Waals surface area (Å²) in [5.74, 6) is -0.756. The molecule has 6 heteroatoms. The summed E-state index contributed by atoms with van der Waals surface area (Å²) in [5, 5.41) is 9.36. The van der Waals surface area contributed by atoms with Gasteiger partial charge in [-0.3, -0.25) is 15.2 Å². The molecule has 1 amide bonds. The summed E-state index contributed by atoms with van der Waals surface area (Å²) in [6.07, 6.45) is 1.99. The third kappa shape index (κ3) is 3.21. The largest absolute Gasteiger partial charge is 0.383 e. The van der Waals surface area contributed by atoms with Gasteiger partial charge in [-0.2, -0.15) is 0 Å². The number of aryl methyl sites for hydroxylation is 1. The first kappa shape index (κ1) is 11.9. The van der Waals surface area contributed by atoms with Gasteiger partial charge in [0.2, 0.25) is 0 Å². The maximum atomic E-state index is 12.6. The molecule has 0 bridgehead atoms. The molecule has 3 N–H and O–H groups in total. The van der Waals surface area contributed by atoms with Gasteiger partial charge in [0.05, 0.1) is 6.20 Å². The van der Waals surface area contributed by atoms with E-state index in [0.29, 0.717) is 12.8 Å². The highest BCUT2D eigenvalue weighted by molar-refractivity contribution is 5.80. The molecule has 1 aromatic rings. The average Bonchev–Trinajstić information content (AvgIpc) is 2.33. The molecule has 0 radical (unpaired) electrons. The van der Waals surface area contributed by atoms with Crippen molar-refractivity contribution in [1.29, 1.82) is 0 Å². The van der Waals surface area contributed by atoms with Gasteiger partial charge in [0, 0.05) is 11.7 Å². The second kappa shape index (κ2) is 5.20. The number of rotatable bonds is 3. The van der Waals surface area contributed by atoms with Gasteiger partial charge in [0.25, 0.3) is 5.91 Å². The van der Waals surface area contributed by atoms with Crippen LogP contribution in [0.25, 0.3) is 0 Å². The number of aliphatic hydroxyl groups is 1. The SMILES string of the molecule is O=C1NNC(CCc2ccc(F)cn2)CC1O. The van der Waals surface area contributed by atoms with Crippen LogP contribution < -0.4 is 10.9 Å². The normalized spacial score (nSPS) is 24.5. The van der Waals surface area contributed by atoms with Gasteiger partial charge in [0.1, 0.15) is 11.9 Å². The van der Waals surface area contributed by atoms with E-state index in [9.17, 15) is 14.3 Å². The fraction of sp³-hybridized carbons (Fsp3) is 0.455. The van der Waals surface area contributed by atoms with Crippen molar-refractivity contribution < 1.29 is 14.3 Å². The van der Waals surface area contributed by atoms with Gasteiger partial charge in [0.15, 0.2) is 0 Å². The second-order valence-corrected chi connectivity index (χ2v) is 4.09. The molecule has 2 rings (SSSR count). The summed E-state index contributed by atoms with van der Waals surface area (Å²) in [5.41, 5.74) is 6.02. The summed E-state index contributed by atoms with van der Waals surface area (Å²) < 4.78 is 12.6. The molecule has 1 fully saturated rings. The number of carbonyl (C=O) groups excluding carboxylic acids is 1. The number of aliphatic hydroxyl groups excluding tert-OH is 1. The van der Waals surface area contributed by atoms with Crippen molar-refractivity contribution >= 4 is 5.91 Å². The van der Waals surface area contributed by atoms with E-state index >= 15 is 0 Å². The molecule has 1 aromatic heterocycles. The highest BCUT2D eigenvalue weighted by atomic mass is 19.1. The standard InChI is InChI=1S/C11H14FN3O2/c12-7-1-2-8(13-6-7)3-4-9-5-10(16)11(17)15-14-9/h1-2,6,9-10,14,16H,3-5H2,(H,15,17). The fourth-order valence-electron chi connectivity index (χ4n) is 1.76. The predicted octanol–water partition coefficient (Wildman–Crippen LogP) is -0.0927. The lowest BCUT2D eigenvalue weighted by Crippen LogP contribution is -2.55. The van der Waals surface area contributed by atoms with Gasteiger partial charge in [-0.15, -0.1) is 0 Å². The molecular weight excluding hydrogens is 225 g/mol. The van der Waals surface area contributed by atoms with Crippen molar-refractivity contribution in [3.05, 3.63) is 29.8 Å². The van der Waals surface area contributed by atoms with Gasteiger partial charge in [-0.05, 0) is 31.4 Å². The van der Waals surface area contributed by atoms with Crippen molar-refractivity contribution in [3.8, 4) is 0 Å². The highest BCUT2D eigenvalue weighted by Gasteiger charge is 2.25. The number of nitrogens with zero attached hydrogens (tertiary/aromatic N) is 1. The average molecular weight is 239 g/mol. The lowest BCUT2D eigenvalue weighted by Gasteiger charge is -2.27. The predicted molar refractivity (Wildman–Crippen MR) is 58.2 cm³/mol. The molecule has 0 aliphatic carbocycles. The third-order valence-corrected chi connectivity index (χ3v) is 2.75. The molecule has 2 unspecified atom stereocenters. The molecule has 2 atom stereocenters. The number of amides is 1. The minimum atomic E-state index is -0.956. The molecule has 5 nitrogen and oxygen atoms in total. The van der Waals surface area contributed by atoms with E-state index in [1.165, 1.54) is 12.3 Å². The fourth-order valence-corrected chi connectivity index (χ4v) is 1.76. The van der Waals surface area contributed by atoms with Crippen LogP contribution in [0.2, 0.25) is 0 Å². The van der Waals surface area contributed by atoms with E-state index in [4.69, 9.17) is 0 Å². The van der Waals surface area contributed by atoms with E-state index in [0.717, 1.165) is 12.1 Å². The first-order valence-electron chi connectivity index (χ1n) is 5.49. The monoisotopic (exact) mass is 239 g/mol. The summed E-state index contributed by atoms with van der Waals surface area (Å²) in [7, 11) is 0. The van der Waals surface area contributed by atoms with Crippen LogP contribution in [0.4, 0.5) is 4.39 Å². The Morgan fingerprint density at radius 1 is 1.53 bits per heavy atom. The van der Waals surface area contributed by atoms with Crippen molar-refractivity contribution in [1.82, 2.24) is 15.8 Å². The van der Waals surface area contributed by atoms with E-state index in [2.05, 4.69) is 15.8 Å². The quantitative estimate of drug-likeness (QED) is 0.689. The maximum Gasteiger partial charge on any atom is 0.262 e. The zero-order valence-corrected chi connectivity index (χ0v) is 9.19. The van der Waals surface area contributed by atoms with Crippen LogP contribution in [-0.2, 0) is 11.2 Å². The van der Waals surface area contributed by atoms with Gasteiger partial charge >= 0.3 is 0 Å². The van der Waals surface area contributed by atoms with E-state index < -0.39 is 12.0 Å². The molecule has 0 spiro atoms. The number of pyridine rings is 1. The molecule has 1 aliphatic rings. The molecule has 1 saturated heterocycles. The van der Waals surface area contributed by atoms with Crippen molar-refractivity contribution in [3.63, 3.8) is 0 Å². The number of hydrogen-bond donors (Lipinski definition) is 3. The van der Waals surface area contributed by atoms with E-state index in [-0.39, 0.29) is 11.9 Å². The van der Waals surface area contributed by atoms with E-state index in [1.54, 1.807) is 6.07 Å². The van der Waals surface area contributed by atoms with Crippen LogP contribution in [0, 0.1) is 5.82 Å². The van der Waals surface area contributed by atoms with Crippen molar-refractivity contribution in [2.24, 2.45) is 0 Å². The molecule has 0 saturated carbocycles. The Hall–Kier alpha value is -1.53. The summed E-state index contributed by atoms with van der Waals surface area (Å²) in [6, 6.07) is 3.01. The van der Waals surface area contributed by atoms with Crippen LogP contribution >= 0.6 is 0 Å². The zero-order chi connectivity index (χ0) is 12.3. The van der Waals surface area contributed by atoms with Crippen LogP contribution in [0.1, 0.15) is 18.5 Å². The van der Waals surface area contributed by atoms with E-state index in [1.807, 2.05) is 0 Å². The first-order chi connectivity index (χ1) is 8.15. The van der Waals surface area contributed by atoms with Crippen LogP contribution in [-0.4, -0.2) is 28.1 Å². The Morgan fingerprint density at radius 2 is 2.35 bits per heavy atom. The molecule has 1 aliphatic heterocycles. The topological polar surface area (TPSA) is 74.2 Å². The number of aromatic nitrogens is 1. The second-order valence-electron chi connectivity index (χ2n) is 4.09. The molecular formula is C11H14FN3O2. The highest BCUT2D eigenvalue weighted by Crippen LogP contribution is 2.10. The number of halogens is 1. The number of hydrogen-bond acceptors (Lipinski definition) is 4. The Bertz CT molecular complexity index is 396. The molecule has 2 heterocycles. The summed E-state index contributed by atoms with van der Waals surface area (Å²) in [4.78, 5) is 14.9. The summed E-state index contributed by atoms with van der Waals surface area (Å²) >= 11 is 0. The molecule has 92 valence electrons. The Labute approximate surface area is 98.0 Å². The Balaban J connectivity index is 1.82. The van der Waals surface area contributed by atoms with Gasteiger partial charge < -0.3 is 5.11 Å². The Kier molecular flexibility index (Phi) is 3.65. The third-order valence-electron chi connectivity index (χ3n) is 2.75. The van der Waals surface area contributed by atoms with Gasteiger partial charge in [-0.25, -0.2) is 9.82 Å². The van der Waals surface area contributed by atoms with Crippen LogP contribution in [0.5, 0.6) is 0 Å². The maximum absolute atomic E-state index is 12.6. The number of carbonyl (C=O) groups is 1. The molecule has 17 heavy (non-hydrogen) atoms. The van der Waals surface area contributed by atoms with Crippen molar-refractivity contribution in [2.75, 3.05) is 0 Å². The Morgan fingerprint density at radius 3 is 3.00 bits per heavy atom.